The molecule has 3 rings (SSSR count). The van der Waals surface area contributed by atoms with Crippen molar-refractivity contribution in [3.63, 3.8) is 0 Å². The Bertz CT molecular complexity index is 547. The summed E-state index contributed by atoms with van der Waals surface area (Å²) >= 11 is 9.18. The van der Waals surface area contributed by atoms with Crippen molar-refractivity contribution < 1.29 is 14.0 Å². The van der Waals surface area contributed by atoms with Crippen molar-refractivity contribution in [2.45, 2.75) is 19.3 Å². The molecule has 2 bridgehead atoms. The first-order chi connectivity index (χ1) is 8.99. The van der Waals surface area contributed by atoms with E-state index < -0.39 is 5.82 Å². The minimum Gasteiger partial charge on any atom is -0.274 e. The lowest BCUT2D eigenvalue weighted by Crippen LogP contribution is -2.46. The number of hydrogen-bond acceptors (Lipinski definition) is 2. The van der Waals surface area contributed by atoms with Crippen molar-refractivity contribution in [2.75, 3.05) is 4.90 Å². The maximum Gasteiger partial charge on any atom is 0.236 e. The average Bonchev–Trinajstić information content (AvgIpc) is 2.76. The summed E-state index contributed by atoms with van der Waals surface area (Å²) in [6.07, 6.45) is 2.11. The molecule has 0 radical (unpaired) electrons. The van der Waals surface area contributed by atoms with Gasteiger partial charge in [-0.15, -0.1) is 0 Å². The summed E-state index contributed by atoms with van der Waals surface area (Å²) in [6, 6.07) is 2.32. The fourth-order valence-corrected chi connectivity index (χ4v) is 3.89. The summed E-state index contributed by atoms with van der Waals surface area (Å²) in [7, 11) is 0. The summed E-state index contributed by atoms with van der Waals surface area (Å²) in [5.41, 5.74) is 0.259. The molecule has 2 atom stereocenters. The number of imide groups is 1. The lowest BCUT2D eigenvalue weighted by molar-refractivity contribution is -0.133. The Balaban J connectivity index is 2.11. The topological polar surface area (TPSA) is 37.4 Å². The summed E-state index contributed by atoms with van der Waals surface area (Å²) < 4.78 is 13.6. The van der Waals surface area contributed by atoms with Crippen LogP contribution in [0.3, 0.4) is 0 Å². The number of piperidine rings is 1. The number of rotatable bonds is 1. The second kappa shape index (κ2) is 4.56. The van der Waals surface area contributed by atoms with Gasteiger partial charge >= 0.3 is 0 Å². The number of nitrogens with zero attached hydrogens (tertiary/aromatic N) is 1. The molecule has 100 valence electrons. The molecule has 1 heterocycles. The van der Waals surface area contributed by atoms with Gasteiger partial charge in [-0.3, -0.25) is 9.59 Å². The van der Waals surface area contributed by atoms with E-state index in [1.165, 1.54) is 6.07 Å². The second-order valence-corrected chi connectivity index (χ2v) is 6.20. The first-order valence-electron chi connectivity index (χ1n) is 6.01. The maximum absolute atomic E-state index is 13.2. The zero-order chi connectivity index (χ0) is 13.7. The van der Waals surface area contributed by atoms with Gasteiger partial charge in [-0.05, 0) is 47.3 Å². The van der Waals surface area contributed by atoms with Crippen molar-refractivity contribution in [3.8, 4) is 0 Å². The molecular formula is C13H10BrClFNO2. The van der Waals surface area contributed by atoms with Crippen LogP contribution in [0.4, 0.5) is 10.1 Å². The molecule has 0 N–H and O–H groups in total. The van der Waals surface area contributed by atoms with Crippen LogP contribution < -0.4 is 4.90 Å². The molecule has 6 heteroatoms. The summed E-state index contributed by atoms with van der Waals surface area (Å²) in [5.74, 6) is -1.20. The van der Waals surface area contributed by atoms with Gasteiger partial charge in [-0.25, -0.2) is 9.29 Å². The molecule has 1 aliphatic heterocycles. The van der Waals surface area contributed by atoms with E-state index in [0.717, 1.165) is 23.8 Å². The van der Waals surface area contributed by atoms with Gasteiger partial charge in [0.15, 0.2) is 0 Å². The minimum absolute atomic E-state index is 0.0647. The summed E-state index contributed by atoms with van der Waals surface area (Å²) in [5, 5.41) is 0.0647. The Hall–Kier alpha value is -0.940. The van der Waals surface area contributed by atoms with Crippen molar-refractivity contribution in [3.05, 3.63) is 27.4 Å². The number of anilines is 1. The summed E-state index contributed by atoms with van der Waals surface area (Å²) in [6.45, 7) is 0. The van der Waals surface area contributed by atoms with Gasteiger partial charge < -0.3 is 0 Å². The fourth-order valence-electron chi connectivity index (χ4n) is 2.87. The van der Waals surface area contributed by atoms with E-state index in [1.807, 2.05) is 0 Å². The lowest BCUT2D eigenvalue weighted by atomic mass is 9.96. The zero-order valence-corrected chi connectivity index (χ0v) is 12.2. The Morgan fingerprint density at radius 1 is 1.21 bits per heavy atom. The predicted octanol–water partition coefficient (Wildman–Crippen LogP) is 3.53. The number of hydrogen-bond donors (Lipinski definition) is 0. The first kappa shape index (κ1) is 13.1. The van der Waals surface area contributed by atoms with E-state index in [1.54, 1.807) is 0 Å². The van der Waals surface area contributed by atoms with Crippen LogP contribution >= 0.6 is 27.5 Å². The van der Waals surface area contributed by atoms with Crippen molar-refractivity contribution >= 4 is 45.0 Å². The average molecular weight is 347 g/mol. The number of carbonyl (C=O) groups is 2. The van der Waals surface area contributed by atoms with Gasteiger partial charge in [0.05, 0.1) is 10.7 Å². The highest BCUT2D eigenvalue weighted by Crippen LogP contribution is 2.44. The van der Waals surface area contributed by atoms with Gasteiger partial charge in [0.25, 0.3) is 0 Å². The second-order valence-electron chi connectivity index (χ2n) is 4.94. The van der Waals surface area contributed by atoms with Crippen LogP contribution in [0.5, 0.6) is 0 Å². The molecule has 1 saturated heterocycles. The molecule has 0 spiro atoms. The highest BCUT2D eigenvalue weighted by atomic mass is 79.9. The molecule has 1 aromatic rings. The highest BCUT2D eigenvalue weighted by Gasteiger charge is 2.46. The molecule has 2 amide bonds. The molecule has 2 fully saturated rings. The SMILES string of the molecule is O=C1C2CCC(C2)C(=O)N1c1c(Cl)cc(F)cc1Br. The van der Waals surface area contributed by atoms with Crippen LogP contribution in [-0.2, 0) is 9.59 Å². The molecule has 1 saturated carbocycles. The third-order valence-corrected chi connectivity index (χ3v) is 4.67. The third kappa shape index (κ3) is 1.99. The molecule has 2 unspecified atom stereocenters. The molecule has 2 aliphatic rings. The fraction of sp³-hybridized carbons (Fsp3) is 0.385. The Labute approximate surface area is 122 Å². The number of amides is 2. The third-order valence-electron chi connectivity index (χ3n) is 3.78. The highest BCUT2D eigenvalue weighted by molar-refractivity contribution is 9.10. The molecular weight excluding hydrogens is 337 g/mol. The Morgan fingerprint density at radius 2 is 1.79 bits per heavy atom. The molecule has 19 heavy (non-hydrogen) atoms. The number of carbonyl (C=O) groups excluding carboxylic acids is 2. The monoisotopic (exact) mass is 345 g/mol. The van der Waals surface area contributed by atoms with Crippen LogP contribution in [0.1, 0.15) is 19.3 Å². The van der Waals surface area contributed by atoms with E-state index in [9.17, 15) is 14.0 Å². The summed E-state index contributed by atoms with van der Waals surface area (Å²) in [4.78, 5) is 25.8. The van der Waals surface area contributed by atoms with E-state index in [2.05, 4.69) is 15.9 Å². The molecule has 1 aliphatic carbocycles. The van der Waals surface area contributed by atoms with Crippen LogP contribution in [0.15, 0.2) is 16.6 Å². The number of halogens is 3. The van der Waals surface area contributed by atoms with Gasteiger partial charge in [0, 0.05) is 16.3 Å². The molecule has 1 aromatic carbocycles. The van der Waals surface area contributed by atoms with Crippen LogP contribution in [0, 0.1) is 17.7 Å². The van der Waals surface area contributed by atoms with Gasteiger partial charge in [-0.2, -0.15) is 0 Å². The zero-order valence-electron chi connectivity index (χ0n) is 9.83. The van der Waals surface area contributed by atoms with Gasteiger partial charge in [0.1, 0.15) is 5.82 Å². The van der Waals surface area contributed by atoms with E-state index in [-0.39, 0.29) is 34.4 Å². The predicted molar refractivity (Wildman–Crippen MR) is 72.4 cm³/mol. The van der Waals surface area contributed by atoms with Crippen molar-refractivity contribution in [2.24, 2.45) is 11.8 Å². The largest absolute Gasteiger partial charge is 0.274 e. The maximum atomic E-state index is 13.2. The van der Waals surface area contributed by atoms with E-state index in [4.69, 9.17) is 11.6 Å². The normalized spacial score (nSPS) is 26.2. The van der Waals surface area contributed by atoms with Crippen molar-refractivity contribution in [1.82, 2.24) is 0 Å². The molecule has 3 nitrogen and oxygen atoms in total. The van der Waals surface area contributed by atoms with E-state index in [0.29, 0.717) is 10.9 Å². The minimum atomic E-state index is -0.513. The standard InChI is InChI=1S/C13H10BrClFNO2/c14-9-4-8(16)5-10(15)11(9)17-12(18)6-1-2-7(3-6)13(17)19/h4-7H,1-3H2. The Kier molecular flexibility index (Phi) is 3.14. The number of benzene rings is 1. The smallest absolute Gasteiger partial charge is 0.236 e. The molecule has 0 aromatic heterocycles. The van der Waals surface area contributed by atoms with Crippen LogP contribution in [0.25, 0.3) is 0 Å². The quantitative estimate of drug-likeness (QED) is 0.730. The van der Waals surface area contributed by atoms with Crippen LogP contribution in [-0.4, -0.2) is 11.8 Å². The van der Waals surface area contributed by atoms with Gasteiger partial charge in [0.2, 0.25) is 11.8 Å². The van der Waals surface area contributed by atoms with Crippen LogP contribution in [0.2, 0.25) is 5.02 Å². The number of fused-ring (bicyclic) bond motifs is 2. The first-order valence-corrected chi connectivity index (χ1v) is 7.18. The van der Waals surface area contributed by atoms with E-state index >= 15 is 0 Å². The van der Waals surface area contributed by atoms with Gasteiger partial charge in [-0.1, -0.05) is 11.6 Å². The van der Waals surface area contributed by atoms with Crippen molar-refractivity contribution in [1.29, 1.82) is 0 Å². The lowest BCUT2D eigenvalue weighted by Gasteiger charge is -2.30. The Morgan fingerprint density at radius 3 is 2.32 bits per heavy atom.